The van der Waals surface area contributed by atoms with E-state index in [1.54, 1.807) is 23.1 Å². The fraction of sp³-hybridized carbons (Fsp3) is 0.333. The maximum atomic E-state index is 13.1. The molecule has 27 heavy (non-hydrogen) atoms. The van der Waals surface area contributed by atoms with Crippen molar-refractivity contribution >= 4 is 29.1 Å². The molecule has 0 spiro atoms. The van der Waals surface area contributed by atoms with E-state index < -0.39 is 6.04 Å². The van der Waals surface area contributed by atoms with Crippen LogP contribution in [0, 0.1) is 13.8 Å². The molecule has 0 saturated carbocycles. The molecule has 2 amide bonds. The van der Waals surface area contributed by atoms with Gasteiger partial charge in [-0.1, -0.05) is 23.7 Å². The van der Waals surface area contributed by atoms with Crippen molar-refractivity contribution in [3.63, 3.8) is 0 Å². The van der Waals surface area contributed by atoms with Gasteiger partial charge in [-0.2, -0.15) is 0 Å². The van der Waals surface area contributed by atoms with E-state index in [4.69, 9.17) is 16.3 Å². The van der Waals surface area contributed by atoms with E-state index >= 15 is 0 Å². The van der Waals surface area contributed by atoms with Gasteiger partial charge in [0.1, 0.15) is 11.8 Å². The zero-order valence-corrected chi connectivity index (χ0v) is 16.5. The summed E-state index contributed by atoms with van der Waals surface area (Å²) in [6, 6.07) is 10.3. The normalized spacial score (nSPS) is 16.3. The van der Waals surface area contributed by atoms with Gasteiger partial charge < -0.3 is 15.0 Å². The Bertz CT molecular complexity index is 882. The number of benzene rings is 2. The van der Waals surface area contributed by atoms with Gasteiger partial charge >= 0.3 is 0 Å². The van der Waals surface area contributed by atoms with Gasteiger partial charge in [-0.3, -0.25) is 9.59 Å². The first-order valence-electron chi connectivity index (χ1n) is 8.93. The average Bonchev–Trinajstić information content (AvgIpc) is 3.14. The molecule has 142 valence electrons. The quantitative estimate of drug-likeness (QED) is 0.856. The molecule has 1 saturated heterocycles. The van der Waals surface area contributed by atoms with Gasteiger partial charge in [0.25, 0.3) is 5.91 Å². The molecule has 2 aromatic rings. The molecular weight excluding hydrogens is 364 g/mol. The summed E-state index contributed by atoms with van der Waals surface area (Å²) in [5, 5.41) is 3.43. The molecule has 0 aromatic heterocycles. The predicted octanol–water partition coefficient (Wildman–Crippen LogP) is 4.21. The predicted molar refractivity (Wildman–Crippen MR) is 107 cm³/mol. The van der Waals surface area contributed by atoms with Gasteiger partial charge in [0.05, 0.1) is 12.7 Å². The summed E-state index contributed by atoms with van der Waals surface area (Å²) >= 11 is 6.06. The van der Waals surface area contributed by atoms with E-state index in [1.807, 2.05) is 32.0 Å². The van der Waals surface area contributed by atoms with Gasteiger partial charge in [0, 0.05) is 17.3 Å². The topological polar surface area (TPSA) is 58.6 Å². The second kappa shape index (κ2) is 8.01. The minimum absolute atomic E-state index is 0.171. The minimum Gasteiger partial charge on any atom is -0.496 e. The number of amides is 2. The fourth-order valence-corrected chi connectivity index (χ4v) is 3.54. The average molecular weight is 387 g/mol. The molecule has 1 heterocycles. The molecule has 1 aliphatic heterocycles. The number of hydrogen-bond acceptors (Lipinski definition) is 3. The van der Waals surface area contributed by atoms with Crippen molar-refractivity contribution in [2.75, 3.05) is 19.0 Å². The van der Waals surface area contributed by atoms with Gasteiger partial charge in [-0.05, 0) is 62.1 Å². The number of halogens is 1. The first-order chi connectivity index (χ1) is 12.9. The molecule has 1 fully saturated rings. The number of aryl methyl sites for hydroxylation is 2. The lowest BCUT2D eigenvalue weighted by Crippen LogP contribution is -2.43. The lowest BCUT2D eigenvalue weighted by atomic mass is 10.1. The monoisotopic (exact) mass is 386 g/mol. The molecule has 1 N–H and O–H groups in total. The third-order valence-corrected chi connectivity index (χ3v) is 5.09. The van der Waals surface area contributed by atoms with Gasteiger partial charge in [-0.25, -0.2) is 0 Å². The fourth-order valence-electron chi connectivity index (χ4n) is 3.37. The van der Waals surface area contributed by atoms with Crippen LogP contribution in [0.25, 0.3) is 0 Å². The second-order valence-corrected chi connectivity index (χ2v) is 7.25. The number of carbonyl (C=O) groups excluding carboxylic acids is 2. The first kappa shape index (κ1) is 19.2. The van der Waals surface area contributed by atoms with Gasteiger partial charge in [0.15, 0.2) is 0 Å². The van der Waals surface area contributed by atoms with Crippen LogP contribution in [0.4, 0.5) is 5.69 Å². The number of ether oxygens (including phenoxy) is 1. The van der Waals surface area contributed by atoms with Crippen LogP contribution < -0.4 is 10.1 Å². The summed E-state index contributed by atoms with van der Waals surface area (Å²) in [6.45, 7) is 4.45. The highest BCUT2D eigenvalue weighted by atomic mass is 35.5. The van der Waals surface area contributed by atoms with Gasteiger partial charge in [-0.15, -0.1) is 0 Å². The lowest BCUT2D eigenvalue weighted by Gasteiger charge is -2.25. The summed E-state index contributed by atoms with van der Waals surface area (Å²) in [6.07, 6.45) is 1.41. The van der Waals surface area contributed by atoms with Crippen molar-refractivity contribution in [3.05, 3.63) is 58.1 Å². The Labute approximate surface area is 164 Å². The molecule has 6 heteroatoms. The highest BCUT2D eigenvalue weighted by molar-refractivity contribution is 6.31. The van der Waals surface area contributed by atoms with E-state index in [-0.39, 0.29) is 11.8 Å². The number of nitrogens with zero attached hydrogens (tertiary/aromatic N) is 1. The Morgan fingerprint density at radius 2 is 1.96 bits per heavy atom. The molecular formula is C21H23ClN2O3. The number of carbonyl (C=O) groups is 2. The highest BCUT2D eigenvalue weighted by Gasteiger charge is 2.35. The second-order valence-electron chi connectivity index (χ2n) is 6.81. The molecule has 1 unspecified atom stereocenters. The highest BCUT2D eigenvalue weighted by Crippen LogP contribution is 2.28. The number of hydrogen-bond donors (Lipinski definition) is 1. The standard InChI is InChI=1S/C21H23ClN2O3/c1-13-6-7-14(2)17(11-13)23-20(25)18-5-4-10-24(18)21(26)16-12-15(22)8-9-19(16)27-3/h6-9,11-12,18H,4-5,10H2,1-3H3,(H,23,25). The lowest BCUT2D eigenvalue weighted by molar-refractivity contribution is -0.119. The molecule has 0 radical (unpaired) electrons. The van der Waals surface area contributed by atoms with Crippen LogP contribution >= 0.6 is 11.6 Å². The number of likely N-dealkylation sites (tertiary alicyclic amines) is 1. The van der Waals surface area contributed by atoms with Crippen LogP contribution in [-0.4, -0.2) is 36.4 Å². The number of rotatable bonds is 4. The van der Waals surface area contributed by atoms with Crippen molar-refractivity contribution in [2.24, 2.45) is 0 Å². The third-order valence-electron chi connectivity index (χ3n) is 4.86. The van der Waals surface area contributed by atoms with Crippen molar-refractivity contribution in [1.82, 2.24) is 4.90 Å². The molecule has 2 aromatic carbocycles. The zero-order valence-electron chi connectivity index (χ0n) is 15.7. The Morgan fingerprint density at radius 3 is 2.70 bits per heavy atom. The van der Waals surface area contributed by atoms with E-state index in [2.05, 4.69) is 5.32 Å². The zero-order chi connectivity index (χ0) is 19.6. The van der Waals surface area contributed by atoms with E-state index in [0.717, 1.165) is 23.2 Å². The largest absolute Gasteiger partial charge is 0.496 e. The molecule has 1 atom stereocenters. The molecule has 3 rings (SSSR count). The van der Waals surface area contributed by atoms with E-state index in [9.17, 15) is 9.59 Å². The Morgan fingerprint density at radius 1 is 1.19 bits per heavy atom. The van der Waals surface area contributed by atoms with Crippen LogP contribution in [0.3, 0.4) is 0 Å². The minimum atomic E-state index is -0.513. The van der Waals surface area contributed by atoms with Crippen LogP contribution in [0.2, 0.25) is 5.02 Å². The van der Waals surface area contributed by atoms with Crippen LogP contribution in [0.1, 0.15) is 34.3 Å². The third kappa shape index (κ3) is 4.08. The molecule has 0 aliphatic carbocycles. The summed E-state index contributed by atoms with van der Waals surface area (Å²) in [5.74, 6) is 0.0356. The summed E-state index contributed by atoms with van der Waals surface area (Å²) in [5.41, 5.74) is 3.20. The SMILES string of the molecule is COc1ccc(Cl)cc1C(=O)N1CCCC1C(=O)Nc1cc(C)ccc1C. The molecule has 5 nitrogen and oxygen atoms in total. The molecule has 0 bridgehead atoms. The number of methoxy groups -OCH3 is 1. The van der Waals surface area contributed by atoms with Crippen molar-refractivity contribution in [1.29, 1.82) is 0 Å². The van der Waals surface area contributed by atoms with Crippen molar-refractivity contribution in [3.8, 4) is 5.75 Å². The van der Waals surface area contributed by atoms with Gasteiger partial charge in [0.2, 0.25) is 5.91 Å². The Kier molecular flexibility index (Phi) is 5.71. The maximum absolute atomic E-state index is 13.1. The van der Waals surface area contributed by atoms with E-state index in [1.165, 1.54) is 7.11 Å². The van der Waals surface area contributed by atoms with Crippen molar-refractivity contribution < 1.29 is 14.3 Å². The number of nitrogens with one attached hydrogen (secondary N) is 1. The molecule has 1 aliphatic rings. The van der Waals surface area contributed by atoms with Crippen LogP contribution in [0.15, 0.2) is 36.4 Å². The summed E-state index contributed by atoms with van der Waals surface area (Å²) in [4.78, 5) is 27.6. The maximum Gasteiger partial charge on any atom is 0.258 e. The summed E-state index contributed by atoms with van der Waals surface area (Å²) in [7, 11) is 1.51. The number of anilines is 1. The van der Waals surface area contributed by atoms with Crippen LogP contribution in [-0.2, 0) is 4.79 Å². The van der Waals surface area contributed by atoms with Crippen molar-refractivity contribution in [2.45, 2.75) is 32.7 Å². The Hall–Kier alpha value is -2.53. The van der Waals surface area contributed by atoms with E-state index in [0.29, 0.717) is 29.3 Å². The Balaban J connectivity index is 1.82. The first-order valence-corrected chi connectivity index (χ1v) is 9.31. The summed E-state index contributed by atoms with van der Waals surface area (Å²) < 4.78 is 5.29. The van der Waals surface area contributed by atoms with Crippen LogP contribution in [0.5, 0.6) is 5.75 Å². The smallest absolute Gasteiger partial charge is 0.258 e.